The van der Waals surface area contributed by atoms with Gasteiger partial charge in [-0.25, -0.2) is 4.79 Å². The number of nitrogens with zero attached hydrogens (tertiary/aromatic N) is 1. The molecule has 1 atom stereocenters. The van der Waals surface area contributed by atoms with Gasteiger partial charge in [-0.05, 0) is 25.1 Å². The van der Waals surface area contributed by atoms with Crippen LogP contribution < -0.4 is 15.5 Å². The summed E-state index contributed by atoms with van der Waals surface area (Å²) >= 11 is 5.54. The Kier molecular flexibility index (Phi) is 4.97. The smallest absolute Gasteiger partial charge is 0.325 e. The molecular formula is C12H16ClN3O2. The lowest BCUT2D eigenvalue weighted by atomic mass is 10.2. The summed E-state index contributed by atoms with van der Waals surface area (Å²) in [5.74, 6) is -0.530. The zero-order valence-corrected chi connectivity index (χ0v) is 11.3. The van der Waals surface area contributed by atoms with E-state index in [1.165, 1.54) is 6.92 Å². The first-order valence-electron chi connectivity index (χ1n) is 5.43. The van der Waals surface area contributed by atoms with E-state index in [2.05, 4.69) is 10.6 Å². The van der Waals surface area contributed by atoms with E-state index in [0.717, 1.165) is 5.69 Å². The monoisotopic (exact) mass is 269 g/mol. The fourth-order valence-electron chi connectivity index (χ4n) is 1.24. The molecule has 0 radical (unpaired) electrons. The standard InChI is InChI=1S/C12H16ClN3O2/c1-8(13)11(17)15-12(18)14-9-5-4-6-10(7-9)16(2)3/h4-8H,1-3H3,(H2,14,15,17,18). The number of benzene rings is 1. The summed E-state index contributed by atoms with van der Waals surface area (Å²) < 4.78 is 0. The molecular weight excluding hydrogens is 254 g/mol. The topological polar surface area (TPSA) is 61.4 Å². The highest BCUT2D eigenvalue weighted by atomic mass is 35.5. The molecule has 0 saturated carbocycles. The van der Waals surface area contributed by atoms with Crippen LogP contribution in [0.2, 0.25) is 0 Å². The van der Waals surface area contributed by atoms with Crippen LogP contribution in [0.5, 0.6) is 0 Å². The van der Waals surface area contributed by atoms with Gasteiger partial charge in [-0.2, -0.15) is 0 Å². The quantitative estimate of drug-likeness (QED) is 0.826. The van der Waals surface area contributed by atoms with Crippen LogP contribution in [-0.2, 0) is 4.79 Å². The van der Waals surface area contributed by atoms with Gasteiger partial charge in [-0.15, -0.1) is 11.6 Å². The first-order valence-corrected chi connectivity index (χ1v) is 5.87. The molecule has 98 valence electrons. The third-order valence-corrected chi connectivity index (χ3v) is 2.42. The fourth-order valence-corrected chi connectivity index (χ4v) is 1.29. The second-order valence-corrected chi connectivity index (χ2v) is 4.66. The Balaban J connectivity index is 2.65. The number of amides is 3. The van der Waals surface area contributed by atoms with Crippen molar-refractivity contribution in [3.8, 4) is 0 Å². The van der Waals surface area contributed by atoms with Crippen LogP contribution in [0.4, 0.5) is 16.2 Å². The van der Waals surface area contributed by atoms with Gasteiger partial charge in [0.25, 0.3) is 0 Å². The number of hydrogen-bond acceptors (Lipinski definition) is 3. The molecule has 5 nitrogen and oxygen atoms in total. The Morgan fingerprint density at radius 2 is 2.00 bits per heavy atom. The molecule has 0 aliphatic heterocycles. The minimum atomic E-state index is -0.746. The molecule has 18 heavy (non-hydrogen) atoms. The summed E-state index contributed by atoms with van der Waals surface area (Å²) in [5, 5.41) is 3.96. The minimum absolute atomic E-state index is 0.530. The van der Waals surface area contributed by atoms with Gasteiger partial charge in [0.15, 0.2) is 0 Å². The average molecular weight is 270 g/mol. The lowest BCUT2D eigenvalue weighted by Gasteiger charge is -2.14. The highest BCUT2D eigenvalue weighted by Crippen LogP contribution is 2.16. The van der Waals surface area contributed by atoms with Gasteiger partial charge in [-0.3, -0.25) is 10.1 Å². The third kappa shape index (κ3) is 4.25. The van der Waals surface area contributed by atoms with Crippen molar-refractivity contribution in [1.82, 2.24) is 5.32 Å². The van der Waals surface area contributed by atoms with Crippen LogP contribution in [0.1, 0.15) is 6.92 Å². The van der Waals surface area contributed by atoms with Crippen LogP contribution in [0, 0.1) is 0 Å². The van der Waals surface area contributed by atoms with Crippen LogP contribution in [0.15, 0.2) is 24.3 Å². The SMILES string of the molecule is CC(Cl)C(=O)NC(=O)Nc1cccc(N(C)C)c1. The van der Waals surface area contributed by atoms with E-state index in [4.69, 9.17) is 11.6 Å². The predicted molar refractivity (Wildman–Crippen MR) is 73.2 cm³/mol. The number of carbonyl (C=O) groups is 2. The van der Waals surface area contributed by atoms with Crippen molar-refractivity contribution < 1.29 is 9.59 Å². The lowest BCUT2D eigenvalue weighted by Crippen LogP contribution is -2.38. The van der Waals surface area contributed by atoms with Gasteiger partial charge in [0.2, 0.25) is 5.91 Å². The Bertz CT molecular complexity index is 447. The molecule has 6 heteroatoms. The molecule has 0 heterocycles. The van der Waals surface area contributed by atoms with E-state index in [9.17, 15) is 9.59 Å². The van der Waals surface area contributed by atoms with E-state index in [1.54, 1.807) is 12.1 Å². The molecule has 2 N–H and O–H groups in total. The number of carbonyl (C=O) groups excluding carboxylic acids is 2. The van der Waals surface area contributed by atoms with Crippen LogP contribution in [-0.4, -0.2) is 31.4 Å². The molecule has 0 aromatic heterocycles. The molecule has 0 saturated heterocycles. The van der Waals surface area contributed by atoms with Crippen molar-refractivity contribution in [2.45, 2.75) is 12.3 Å². The van der Waals surface area contributed by atoms with E-state index in [0.29, 0.717) is 5.69 Å². The van der Waals surface area contributed by atoms with Crippen molar-refractivity contribution in [3.05, 3.63) is 24.3 Å². The Morgan fingerprint density at radius 1 is 1.33 bits per heavy atom. The largest absolute Gasteiger partial charge is 0.378 e. The Labute approximate surface area is 111 Å². The molecule has 0 spiro atoms. The summed E-state index contributed by atoms with van der Waals surface area (Å²) in [6, 6.07) is 6.67. The first-order chi connectivity index (χ1) is 8.40. The number of anilines is 2. The second kappa shape index (κ2) is 6.26. The number of imide groups is 1. The third-order valence-electron chi connectivity index (χ3n) is 2.22. The summed E-state index contributed by atoms with van der Waals surface area (Å²) in [5.41, 5.74) is 1.55. The number of rotatable bonds is 3. The summed E-state index contributed by atoms with van der Waals surface area (Å²) in [6.45, 7) is 1.50. The molecule has 3 amide bonds. The van der Waals surface area contributed by atoms with E-state index >= 15 is 0 Å². The zero-order valence-electron chi connectivity index (χ0n) is 10.5. The van der Waals surface area contributed by atoms with E-state index in [1.807, 2.05) is 31.1 Å². The molecule has 0 aliphatic rings. The number of urea groups is 1. The number of alkyl halides is 1. The number of hydrogen-bond donors (Lipinski definition) is 2. The van der Waals surface area contributed by atoms with Crippen molar-refractivity contribution in [2.24, 2.45) is 0 Å². The van der Waals surface area contributed by atoms with Crippen molar-refractivity contribution in [3.63, 3.8) is 0 Å². The number of nitrogens with one attached hydrogen (secondary N) is 2. The van der Waals surface area contributed by atoms with Gasteiger partial charge in [0.1, 0.15) is 5.38 Å². The van der Waals surface area contributed by atoms with Gasteiger partial charge < -0.3 is 10.2 Å². The minimum Gasteiger partial charge on any atom is -0.378 e. The molecule has 1 rings (SSSR count). The summed E-state index contributed by atoms with van der Waals surface area (Å²) in [4.78, 5) is 24.6. The number of halogens is 1. The fraction of sp³-hybridized carbons (Fsp3) is 0.333. The predicted octanol–water partition coefficient (Wildman–Crippen LogP) is 2.03. The molecule has 0 fully saturated rings. The van der Waals surface area contributed by atoms with E-state index in [-0.39, 0.29) is 0 Å². The van der Waals surface area contributed by atoms with Gasteiger partial charge in [0, 0.05) is 25.5 Å². The van der Waals surface area contributed by atoms with Crippen LogP contribution >= 0.6 is 11.6 Å². The molecule has 0 bridgehead atoms. The van der Waals surface area contributed by atoms with Gasteiger partial charge in [0.05, 0.1) is 0 Å². The van der Waals surface area contributed by atoms with Crippen molar-refractivity contribution >= 4 is 34.9 Å². The molecule has 1 aromatic rings. The van der Waals surface area contributed by atoms with Gasteiger partial charge >= 0.3 is 6.03 Å². The molecule has 1 unspecified atom stereocenters. The highest BCUT2D eigenvalue weighted by Gasteiger charge is 2.12. The highest BCUT2D eigenvalue weighted by molar-refractivity contribution is 6.31. The summed E-state index contributed by atoms with van der Waals surface area (Å²) in [7, 11) is 3.80. The van der Waals surface area contributed by atoms with E-state index < -0.39 is 17.3 Å². The first kappa shape index (κ1) is 14.3. The van der Waals surface area contributed by atoms with Crippen LogP contribution in [0.25, 0.3) is 0 Å². The zero-order chi connectivity index (χ0) is 13.7. The average Bonchev–Trinajstić information content (AvgIpc) is 2.28. The summed E-state index contributed by atoms with van der Waals surface area (Å²) in [6.07, 6.45) is 0. The maximum atomic E-state index is 11.5. The normalized spacial score (nSPS) is 11.6. The lowest BCUT2D eigenvalue weighted by molar-refractivity contribution is -0.119. The Hall–Kier alpha value is -1.75. The molecule has 1 aromatic carbocycles. The second-order valence-electron chi connectivity index (χ2n) is 4.00. The van der Waals surface area contributed by atoms with Crippen molar-refractivity contribution in [1.29, 1.82) is 0 Å². The Morgan fingerprint density at radius 3 is 2.56 bits per heavy atom. The van der Waals surface area contributed by atoms with Crippen molar-refractivity contribution in [2.75, 3.05) is 24.3 Å². The van der Waals surface area contributed by atoms with Gasteiger partial charge in [-0.1, -0.05) is 6.07 Å². The maximum Gasteiger partial charge on any atom is 0.325 e. The van der Waals surface area contributed by atoms with Crippen LogP contribution in [0.3, 0.4) is 0 Å². The molecule has 0 aliphatic carbocycles. The maximum absolute atomic E-state index is 11.5.